The number of carbonyl (C=O) groups excluding carboxylic acids is 1. The molecule has 1 amide bonds. The summed E-state index contributed by atoms with van der Waals surface area (Å²) in [5.41, 5.74) is 2.49. The summed E-state index contributed by atoms with van der Waals surface area (Å²) in [6, 6.07) is 7.90. The maximum Gasteiger partial charge on any atom is 0.261 e. The molecule has 0 radical (unpaired) electrons. The number of likely N-dealkylation sites (N-methyl/N-ethyl adjacent to an activating group) is 1. The number of hydrogen-bond donors (Lipinski definition) is 1. The van der Waals surface area contributed by atoms with Gasteiger partial charge in [-0.1, -0.05) is 12.1 Å². The summed E-state index contributed by atoms with van der Waals surface area (Å²) in [7, 11) is 4.02. The van der Waals surface area contributed by atoms with Gasteiger partial charge in [0.1, 0.15) is 0 Å². The van der Waals surface area contributed by atoms with E-state index in [-0.39, 0.29) is 5.91 Å². The minimum atomic E-state index is -0.0945. The first-order chi connectivity index (χ1) is 11.5. The smallest absolute Gasteiger partial charge is 0.261 e. The van der Waals surface area contributed by atoms with E-state index in [0.717, 1.165) is 24.3 Å². The fourth-order valence-corrected chi connectivity index (χ4v) is 2.32. The number of rotatable bonds is 7. The third-order valence-corrected chi connectivity index (χ3v) is 3.62. The zero-order chi connectivity index (χ0) is 17.5. The molecule has 6 heteroatoms. The number of anilines is 2. The van der Waals surface area contributed by atoms with Crippen LogP contribution in [0.15, 0.2) is 36.7 Å². The molecule has 0 bridgehead atoms. The van der Waals surface area contributed by atoms with Crippen LogP contribution >= 0.6 is 0 Å². The van der Waals surface area contributed by atoms with E-state index in [4.69, 9.17) is 0 Å². The molecule has 0 aliphatic carbocycles. The van der Waals surface area contributed by atoms with Crippen molar-refractivity contribution in [2.75, 3.05) is 43.9 Å². The monoisotopic (exact) mass is 327 g/mol. The fraction of sp³-hybridized carbons (Fsp3) is 0.389. The number of carbonyl (C=O) groups is 1. The van der Waals surface area contributed by atoms with Crippen LogP contribution in [-0.2, 0) is 0 Å². The van der Waals surface area contributed by atoms with Gasteiger partial charge in [-0.05, 0) is 45.6 Å². The average Bonchev–Trinajstić information content (AvgIpc) is 2.56. The molecule has 0 fully saturated rings. The van der Waals surface area contributed by atoms with Crippen LogP contribution in [0.2, 0.25) is 0 Å². The Morgan fingerprint density at radius 1 is 1.21 bits per heavy atom. The van der Waals surface area contributed by atoms with Crippen molar-refractivity contribution in [2.24, 2.45) is 0 Å². The number of hydrogen-bond acceptors (Lipinski definition) is 5. The Kier molecular flexibility index (Phi) is 6.26. The molecule has 0 atom stereocenters. The van der Waals surface area contributed by atoms with E-state index in [1.54, 1.807) is 17.3 Å². The normalized spacial score (nSPS) is 10.7. The molecule has 1 heterocycles. The van der Waals surface area contributed by atoms with Crippen LogP contribution in [0.3, 0.4) is 0 Å². The van der Waals surface area contributed by atoms with Gasteiger partial charge in [0.25, 0.3) is 5.91 Å². The molecule has 0 spiro atoms. The lowest BCUT2D eigenvalue weighted by Crippen LogP contribution is -2.31. The lowest BCUT2D eigenvalue weighted by molar-refractivity contribution is 0.0987. The third-order valence-electron chi connectivity index (χ3n) is 3.62. The van der Waals surface area contributed by atoms with Crippen LogP contribution in [0.5, 0.6) is 0 Å². The highest BCUT2D eigenvalue weighted by Gasteiger charge is 2.17. The number of amides is 1. The van der Waals surface area contributed by atoms with Gasteiger partial charge in [0, 0.05) is 37.7 Å². The molecule has 0 saturated heterocycles. The van der Waals surface area contributed by atoms with Crippen LogP contribution in [0.1, 0.15) is 22.8 Å². The van der Waals surface area contributed by atoms with Crippen LogP contribution in [0.25, 0.3) is 0 Å². The predicted molar refractivity (Wildman–Crippen MR) is 97.6 cm³/mol. The summed E-state index contributed by atoms with van der Waals surface area (Å²) < 4.78 is 0. The summed E-state index contributed by atoms with van der Waals surface area (Å²) in [6.07, 6.45) is 3.15. The first kappa shape index (κ1) is 17.9. The van der Waals surface area contributed by atoms with Gasteiger partial charge in [0.15, 0.2) is 0 Å². The van der Waals surface area contributed by atoms with E-state index in [9.17, 15) is 4.79 Å². The molecule has 0 aliphatic heterocycles. The average molecular weight is 327 g/mol. The summed E-state index contributed by atoms with van der Waals surface area (Å²) in [4.78, 5) is 25.0. The van der Waals surface area contributed by atoms with Gasteiger partial charge in [-0.2, -0.15) is 0 Å². The van der Waals surface area contributed by atoms with E-state index in [1.807, 2.05) is 52.2 Å². The molecule has 1 N–H and O–H groups in total. The highest BCUT2D eigenvalue weighted by Crippen LogP contribution is 2.18. The van der Waals surface area contributed by atoms with Gasteiger partial charge >= 0.3 is 0 Å². The quantitative estimate of drug-likeness (QED) is 0.846. The molecule has 24 heavy (non-hydrogen) atoms. The van der Waals surface area contributed by atoms with Crippen LogP contribution in [0.4, 0.5) is 11.6 Å². The minimum absolute atomic E-state index is 0.0945. The molecule has 0 unspecified atom stereocenters. The van der Waals surface area contributed by atoms with Gasteiger partial charge < -0.3 is 15.1 Å². The van der Waals surface area contributed by atoms with Gasteiger partial charge in [-0.15, -0.1) is 0 Å². The zero-order valence-corrected chi connectivity index (χ0v) is 14.8. The highest BCUT2D eigenvalue weighted by molar-refractivity contribution is 6.05. The van der Waals surface area contributed by atoms with Gasteiger partial charge in [0.05, 0.1) is 5.56 Å². The number of nitrogens with zero attached hydrogens (tertiary/aromatic N) is 4. The highest BCUT2D eigenvalue weighted by atomic mass is 16.2. The van der Waals surface area contributed by atoms with Crippen molar-refractivity contribution in [3.63, 3.8) is 0 Å². The number of aryl methyl sites for hydroxylation is 1. The largest absolute Gasteiger partial charge is 0.353 e. The molecule has 128 valence electrons. The second-order valence-electron chi connectivity index (χ2n) is 5.91. The second-order valence-corrected chi connectivity index (χ2v) is 5.91. The Balaban J connectivity index is 2.08. The van der Waals surface area contributed by atoms with Crippen molar-refractivity contribution in [1.29, 1.82) is 0 Å². The number of nitrogens with one attached hydrogen (secondary N) is 1. The maximum atomic E-state index is 12.7. The molecule has 2 aromatic rings. The van der Waals surface area contributed by atoms with Crippen molar-refractivity contribution in [3.05, 3.63) is 47.8 Å². The summed E-state index contributed by atoms with van der Waals surface area (Å²) in [5, 5.41) is 3.14. The van der Waals surface area contributed by atoms with Crippen molar-refractivity contribution < 1.29 is 4.79 Å². The predicted octanol–water partition coefficient (Wildman–Crippen LogP) is 2.43. The first-order valence-corrected chi connectivity index (χ1v) is 8.10. The van der Waals surface area contributed by atoms with E-state index in [0.29, 0.717) is 18.1 Å². The van der Waals surface area contributed by atoms with Crippen molar-refractivity contribution in [2.45, 2.75) is 13.8 Å². The van der Waals surface area contributed by atoms with Gasteiger partial charge in [0.2, 0.25) is 5.95 Å². The van der Waals surface area contributed by atoms with E-state index >= 15 is 0 Å². The zero-order valence-electron chi connectivity index (χ0n) is 14.8. The maximum absolute atomic E-state index is 12.7. The van der Waals surface area contributed by atoms with E-state index in [2.05, 4.69) is 20.2 Å². The lowest BCUT2D eigenvalue weighted by Gasteiger charge is -2.21. The molecule has 1 aromatic heterocycles. The standard InChI is InChI=1S/C18H25N5O/c1-5-23(16-8-6-7-14(2)11-16)17(24)15-12-20-18(21-13-15)19-9-10-22(3)4/h6-8,11-13H,5,9-10H2,1-4H3,(H,19,20,21). The Morgan fingerprint density at radius 2 is 1.92 bits per heavy atom. The minimum Gasteiger partial charge on any atom is -0.353 e. The SMILES string of the molecule is CCN(C(=O)c1cnc(NCCN(C)C)nc1)c1cccc(C)c1. The number of aromatic nitrogens is 2. The molecule has 2 rings (SSSR count). The van der Waals surface area contributed by atoms with Crippen LogP contribution in [-0.4, -0.2) is 54.5 Å². The van der Waals surface area contributed by atoms with Gasteiger partial charge in [-0.3, -0.25) is 4.79 Å². The van der Waals surface area contributed by atoms with Crippen LogP contribution in [0, 0.1) is 6.92 Å². The van der Waals surface area contributed by atoms with Crippen molar-refractivity contribution in [1.82, 2.24) is 14.9 Å². The molecular formula is C18H25N5O. The fourth-order valence-electron chi connectivity index (χ4n) is 2.32. The van der Waals surface area contributed by atoms with Gasteiger partial charge in [-0.25, -0.2) is 9.97 Å². The summed E-state index contributed by atoms with van der Waals surface area (Å²) in [5.74, 6) is 0.440. The number of benzene rings is 1. The van der Waals surface area contributed by atoms with Crippen molar-refractivity contribution in [3.8, 4) is 0 Å². The Labute approximate surface area is 143 Å². The molecule has 0 saturated carbocycles. The summed E-state index contributed by atoms with van der Waals surface area (Å²) >= 11 is 0. The topological polar surface area (TPSA) is 61.4 Å². The Bertz CT molecular complexity index is 669. The molecule has 6 nitrogen and oxygen atoms in total. The molecular weight excluding hydrogens is 302 g/mol. The van der Waals surface area contributed by atoms with Crippen LogP contribution < -0.4 is 10.2 Å². The summed E-state index contributed by atoms with van der Waals surface area (Å²) in [6.45, 7) is 6.20. The Morgan fingerprint density at radius 3 is 2.50 bits per heavy atom. The first-order valence-electron chi connectivity index (χ1n) is 8.10. The van der Waals surface area contributed by atoms with E-state index < -0.39 is 0 Å². The van der Waals surface area contributed by atoms with Crippen molar-refractivity contribution >= 4 is 17.5 Å². The Hall–Kier alpha value is -2.47. The molecule has 1 aromatic carbocycles. The second kappa shape index (κ2) is 8.40. The van der Waals surface area contributed by atoms with E-state index in [1.165, 1.54) is 0 Å². The molecule has 0 aliphatic rings. The third kappa shape index (κ3) is 4.76. The lowest BCUT2D eigenvalue weighted by atomic mass is 10.2.